The molecule has 20 heavy (non-hydrogen) atoms. The minimum absolute atomic E-state index is 0.0403. The largest absolute Gasteiger partial charge is 0.370 e. The number of hydrogen-bond donors (Lipinski definition) is 2. The Kier molecular flexibility index (Phi) is 5.15. The lowest BCUT2D eigenvalue weighted by molar-refractivity contribution is -0.384. The van der Waals surface area contributed by atoms with Crippen LogP contribution in [-0.4, -0.2) is 23.0 Å². The molecule has 0 aliphatic heterocycles. The quantitative estimate of drug-likeness (QED) is 0.411. The van der Waals surface area contributed by atoms with E-state index in [4.69, 9.17) is 0 Å². The van der Waals surface area contributed by atoms with Crippen molar-refractivity contribution in [3.8, 4) is 0 Å². The zero-order valence-electron chi connectivity index (χ0n) is 11.9. The Labute approximate surface area is 119 Å². The Balaban J connectivity index is 1.95. The maximum Gasteiger partial charge on any atom is 0.311 e. The molecule has 0 spiro atoms. The molecule has 1 saturated carbocycles. The average molecular weight is 278 g/mol. The number of nitro groups is 1. The smallest absolute Gasteiger partial charge is 0.311 e. The van der Waals surface area contributed by atoms with Gasteiger partial charge in [-0.3, -0.25) is 10.1 Å². The molecule has 6 nitrogen and oxygen atoms in total. The number of aromatic nitrogens is 1. The Morgan fingerprint density at radius 3 is 2.80 bits per heavy atom. The van der Waals surface area contributed by atoms with Gasteiger partial charge in [0.2, 0.25) is 5.82 Å². The van der Waals surface area contributed by atoms with Crippen molar-refractivity contribution in [1.29, 1.82) is 0 Å². The van der Waals surface area contributed by atoms with Crippen LogP contribution in [-0.2, 0) is 0 Å². The molecule has 0 bridgehead atoms. The maximum absolute atomic E-state index is 11.0. The lowest BCUT2D eigenvalue weighted by Crippen LogP contribution is -2.09. The summed E-state index contributed by atoms with van der Waals surface area (Å²) in [5.41, 5.74) is 0.0403. The number of anilines is 2. The van der Waals surface area contributed by atoms with Gasteiger partial charge in [-0.15, -0.1) is 0 Å². The topological polar surface area (TPSA) is 80.1 Å². The summed E-state index contributed by atoms with van der Waals surface area (Å²) in [6.45, 7) is 3.61. The van der Waals surface area contributed by atoms with E-state index in [0.29, 0.717) is 11.6 Å². The van der Waals surface area contributed by atoms with Gasteiger partial charge in [-0.25, -0.2) is 4.98 Å². The van der Waals surface area contributed by atoms with Crippen LogP contribution in [0.1, 0.15) is 39.0 Å². The molecule has 0 radical (unpaired) electrons. The first-order valence-corrected chi connectivity index (χ1v) is 7.34. The highest BCUT2D eigenvalue weighted by Gasteiger charge is 2.20. The predicted molar refractivity (Wildman–Crippen MR) is 80.1 cm³/mol. The molecule has 0 unspecified atom stereocenters. The second kappa shape index (κ2) is 7.07. The normalized spacial score (nSPS) is 14.1. The van der Waals surface area contributed by atoms with Gasteiger partial charge in [-0.2, -0.15) is 0 Å². The first-order valence-electron chi connectivity index (χ1n) is 7.34. The van der Waals surface area contributed by atoms with E-state index in [1.807, 2.05) is 0 Å². The molecule has 1 fully saturated rings. The van der Waals surface area contributed by atoms with Crippen LogP contribution in [0.15, 0.2) is 12.1 Å². The lowest BCUT2D eigenvalue weighted by atomic mass is 10.2. The number of rotatable bonds is 9. The van der Waals surface area contributed by atoms with Crippen LogP contribution in [0.5, 0.6) is 0 Å². The van der Waals surface area contributed by atoms with Crippen LogP contribution < -0.4 is 10.6 Å². The molecule has 1 aromatic rings. The third-order valence-electron chi connectivity index (χ3n) is 3.41. The summed E-state index contributed by atoms with van der Waals surface area (Å²) in [7, 11) is 0. The van der Waals surface area contributed by atoms with Gasteiger partial charge >= 0.3 is 5.69 Å². The van der Waals surface area contributed by atoms with Crippen LogP contribution in [0, 0.1) is 16.0 Å². The molecule has 0 atom stereocenters. The Morgan fingerprint density at radius 2 is 2.15 bits per heavy atom. The fraction of sp³-hybridized carbons (Fsp3) is 0.643. The molecular weight excluding hydrogens is 256 g/mol. The van der Waals surface area contributed by atoms with Crippen molar-refractivity contribution < 1.29 is 4.92 Å². The van der Waals surface area contributed by atoms with E-state index in [1.165, 1.54) is 25.3 Å². The molecule has 110 valence electrons. The molecule has 1 aliphatic rings. The van der Waals surface area contributed by atoms with Gasteiger partial charge in [-0.05, 0) is 31.2 Å². The van der Waals surface area contributed by atoms with Crippen molar-refractivity contribution in [3.63, 3.8) is 0 Å². The number of hydrogen-bond acceptors (Lipinski definition) is 5. The van der Waals surface area contributed by atoms with Crippen molar-refractivity contribution in [3.05, 3.63) is 22.2 Å². The summed E-state index contributed by atoms with van der Waals surface area (Å²) < 4.78 is 0. The van der Waals surface area contributed by atoms with E-state index >= 15 is 0 Å². The molecule has 0 amide bonds. The van der Waals surface area contributed by atoms with E-state index < -0.39 is 0 Å². The van der Waals surface area contributed by atoms with Gasteiger partial charge in [0.1, 0.15) is 5.82 Å². The predicted octanol–water partition coefficient (Wildman–Crippen LogP) is 3.41. The number of pyridine rings is 1. The lowest BCUT2D eigenvalue weighted by Gasteiger charge is -2.09. The van der Waals surface area contributed by atoms with E-state index in [-0.39, 0.29) is 10.6 Å². The number of nitrogens with zero attached hydrogens (tertiary/aromatic N) is 2. The van der Waals surface area contributed by atoms with Crippen LogP contribution >= 0.6 is 0 Å². The van der Waals surface area contributed by atoms with Gasteiger partial charge in [0.15, 0.2) is 0 Å². The zero-order valence-corrected chi connectivity index (χ0v) is 11.9. The fourth-order valence-corrected chi connectivity index (χ4v) is 2.08. The standard InChI is InChI=1S/C14H22N4O2/c1-2-9-15-13-8-7-12(18(19)20)14(17-13)16-10-3-4-11-5-6-11/h7-8,11H,2-6,9-10H2,1H3,(H2,15,16,17). The minimum atomic E-state index is -0.389. The summed E-state index contributed by atoms with van der Waals surface area (Å²) in [6, 6.07) is 3.16. The van der Waals surface area contributed by atoms with Crippen molar-refractivity contribution in [1.82, 2.24) is 4.98 Å². The minimum Gasteiger partial charge on any atom is -0.370 e. The van der Waals surface area contributed by atoms with Gasteiger partial charge < -0.3 is 10.6 Å². The van der Waals surface area contributed by atoms with Crippen LogP contribution in [0.25, 0.3) is 0 Å². The third kappa shape index (κ3) is 4.36. The van der Waals surface area contributed by atoms with Crippen molar-refractivity contribution in [2.24, 2.45) is 5.92 Å². The van der Waals surface area contributed by atoms with E-state index in [2.05, 4.69) is 22.5 Å². The second-order valence-corrected chi connectivity index (χ2v) is 5.26. The second-order valence-electron chi connectivity index (χ2n) is 5.26. The average Bonchev–Trinajstić information content (AvgIpc) is 3.25. The highest BCUT2D eigenvalue weighted by molar-refractivity contribution is 5.60. The summed E-state index contributed by atoms with van der Waals surface area (Å²) in [4.78, 5) is 14.9. The first-order chi connectivity index (χ1) is 9.70. The summed E-state index contributed by atoms with van der Waals surface area (Å²) in [6.07, 6.45) is 5.91. The maximum atomic E-state index is 11.0. The monoisotopic (exact) mass is 278 g/mol. The Bertz CT molecular complexity index is 460. The van der Waals surface area contributed by atoms with Crippen LogP contribution in [0.4, 0.5) is 17.3 Å². The van der Waals surface area contributed by atoms with Gasteiger partial charge in [0, 0.05) is 19.2 Å². The highest BCUT2D eigenvalue weighted by Crippen LogP contribution is 2.33. The molecule has 2 N–H and O–H groups in total. The fourth-order valence-electron chi connectivity index (χ4n) is 2.08. The molecular formula is C14H22N4O2. The van der Waals surface area contributed by atoms with Crippen molar-refractivity contribution in [2.45, 2.75) is 39.0 Å². The highest BCUT2D eigenvalue weighted by atomic mass is 16.6. The SMILES string of the molecule is CCCNc1ccc([N+](=O)[O-])c(NCCCC2CC2)n1. The molecule has 6 heteroatoms. The molecule has 1 heterocycles. The molecule has 0 saturated heterocycles. The summed E-state index contributed by atoms with van der Waals surface area (Å²) in [5, 5.41) is 17.3. The number of nitrogens with one attached hydrogen (secondary N) is 2. The Morgan fingerprint density at radius 1 is 1.35 bits per heavy atom. The molecule has 1 aromatic heterocycles. The van der Waals surface area contributed by atoms with Gasteiger partial charge in [0.05, 0.1) is 4.92 Å². The molecule has 2 rings (SSSR count). The van der Waals surface area contributed by atoms with Crippen LogP contribution in [0.2, 0.25) is 0 Å². The zero-order chi connectivity index (χ0) is 14.4. The Hall–Kier alpha value is -1.85. The summed E-state index contributed by atoms with van der Waals surface area (Å²) >= 11 is 0. The molecule has 1 aliphatic carbocycles. The van der Waals surface area contributed by atoms with Crippen molar-refractivity contribution >= 4 is 17.3 Å². The first kappa shape index (κ1) is 14.6. The third-order valence-corrected chi connectivity index (χ3v) is 3.41. The summed E-state index contributed by atoms with van der Waals surface area (Å²) in [5.74, 6) is 1.94. The van der Waals surface area contributed by atoms with E-state index in [1.54, 1.807) is 6.07 Å². The van der Waals surface area contributed by atoms with E-state index in [9.17, 15) is 10.1 Å². The molecule has 0 aromatic carbocycles. The van der Waals surface area contributed by atoms with E-state index in [0.717, 1.165) is 31.8 Å². The van der Waals surface area contributed by atoms with Crippen molar-refractivity contribution in [2.75, 3.05) is 23.7 Å². The van der Waals surface area contributed by atoms with Gasteiger partial charge in [0.25, 0.3) is 0 Å². The van der Waals surface area contributed by atoms with Crippen LogP contribution in [0.3, 0.4) is 0 Å². The van der Waals surface area contributed by atoms with Gasteiger partial charge in [-0.1, -0.05) is 19.8 Å².